The number of hydrogen-bond acceptors (Lipinski definition) is 6. The van der Waals surface area contributed by atoms with Gasteiger partial charge in [0, 0.05) is 24.0 Å². The summed E-state index contributed by atoms with van der Waals surface area (Å²) < 4.78 is 15.7. The first-order valence-electron chi connectivity index (χ1n) is 8.95. The second kappa shape index (κ2) is 5.28. The largest absolute Gasteiger partial charge is 0.632 e. The minimum absolute atomic E-state index is 0.0366. The molecule has 0 saturated carbocycles. The lowest BCUT2D eigenvalue weighted by Crippen LogP contribution is -2.61. The molecule has 0 amide bonds. The summed E-state index contributed by atoms with van der Waals surface area (Å²) in [5.41, 5.74) is 1.92. The lowest BCUT2D eigenvalue weighted by Gasteiger charge is -2.57. The number of fused-ring (bicyclic) bond motifs is 5. The zero-order chi connectivity index (χ0) is 19.0. The molecule has 0 aromatic heterocycles. The van der Waals surface area contributed by atoms with Crippen molar-refractivity contribution in [2.75, 3.05) is 27.5 Å². The van der Waals surface area contributed by atoms with Crippen molar-refractivity contribution >= 4 is 0 Å². The number of benzene rings is 2. The molecule has 0 fully saturated rings. The molecular weight excluding hydrogens is 350 g/mol. The predicted molar refractivity (Wildman–Crippen MR) is 95.7 cm³/mol. The molecule has 2 aromatic carbocycles. The molecule has 7 nitrogen and oxygen atoms in total. The fraction of sp³-hybridized carbons (Fsp3) is 0.400. The van der Waals surface area contributed by atoms with Gasteiger partial charge in [-0.25, -0.2) is 0 Å². The summed E-state index contributed by atoms with van der Waals surface area (Å²) in [7, 11) is 3.09. The van der Waals surface area contributed by atoms with Crippen molar-refractivity contribution in [3.8, 4) is 23.0 Å². The van der Waals surface area contributed by atoms with Crippen molar-refractivity contribution in [2.24, 2.45) is 0 Å². The number of phenols is 1. The van der Waals surface area contributed by atoms with Crippen LogP contribution in [0.5, 0.6) is 23.0 Å². The highest BCUT2D eigenvalue weighted by molar-refractivity contribution is 5.60. The third kappa shape index (κ3) is 1.96. The molecule has 3 aliphatic rings. The van der Waals surface area contributed by atoms with Crippen LogP contribution in [-0.4, -0.2) is 42.4 Å². The number of ether oxygens (including phenoxy) is 3. The second-order valence-electron chi connectivity index (χ2n) is 7.63. The molecule has 5 rings (SSSR count). The number of aliphatic hydroxyl groups is 1. The quantitative estimate of drug-likeness (QED) is 0.589. The number of rotatable bonds is 1. The van der Waals surface area contributed by atoms with Gasteiger partial charge in [0.2, 0.25) is 6.79 Å². The summed E-state index contributed by atoms with van der Waals surface area (Å²) in [4.78, 5) is 0. The third-order valence-corrected chi connectivity index (χ3v) is 6.38. The summed E-state index contributed by atoms with van der Waals surface area (Å²) >= 11 is 0. The van der Waals surface area contributed by atoms with Gasteiger partial charge in [-0.2, -0.15) is 0 Å². The minimum Gasteiger partial charge on any atom is -0.632 e. The average molecular weight is 371 g/mol. The van der Waals surface area contributed by atoms with Crippen molar-refractivity contribution in [3.05, 3.63) is 51.7 Å². The molecule has 0 bridgehead atoms. The molecule has 1 spiro atoms. The number of aromatic hydroxyl groups is 1. The maximum Gasteiger partial charge on any atom is 0.231 e. The lowest BCUT2D eigenvalue weighted by molar-refractivity contribution is -0.929. The number of hydroxylamine groups is 3. The van der Waals surface area contributed by atoms with E-state index in [1.807, 2.05) is 12.1 Å². The van der Waals surface area contributed by atoms with Crippen molar-refractivity contribution in [1.82, 2.24) is 0 Å². The number of methoxy groups -OCH3 is 1. The Labute approximate surface area is 156 Å². The van der Waals surface area contributed by atoms with Crippen molar-refractivity contribution in [1.29, 1.82) is 0 Å². The van der Waals surface area contributed by atoms with Gasteiger partial charge in [0.1, 0.15) is 6.10 Å². The Morgan fingerprint density at radius 2 is 2.07 bits per heavy atom. The van der Waals surface area contributed by atoms with Gasteiger partial charge in [-0.3, -0.25) is 0 Å². The molecule has 27 heavy (non-hydrogen) atoms. The minimum atomic E-state index is -1.15. The van der Waals surface area contributed by atoms with Gasteiger partial charge in [0.05, 0.1) is 20.7 Å². The Kier molecular flexibility index (Phi) is 3.26. The zero-order valence-electron chi connectivity index (χ0n) is 15.2. The molecule has 1 aliphatic carbocycles. The van der Waals surface area contributed by atoms with Gasteiger partial charge in [0.25, 0.3) is 0 Å². The predicted octanol–water partition coefficient (Wildman–Crippen LogP) is 2.12. The Morgan fingerprint density at radius 1 is 1.26 bits per heavy atom. The molecular formula is C20H21NO6. The third-order valence-electron chi connectivity index (χ3n) is 6.38. The molecule has 0 radical (unpaired) electrons. The van der Waals surface area contributed by atoms with Crippen LogP contribution in [0.4, 0.5) is 0 Å². The first kappa shape index (κ1) is 16.7. The molecule has 7 heteroatoms. The summed E-state index contributed by atoms with van der Waals surface area (Å²) in [5, 5.41) is 35.5. The van der Waals surface area contributed by atoms with E-state index in [1.54, 1.807) is 19.2 Å². The Morgan fingerprint density at radius 3 is 2.85 bits per heavy atom. The summed E-state index contributed by atoms with van der Waals surface area (Å²) in [6, 6.07) is 7.05. The van der Waals surface area contributed by atoms with Crippen LogP contribution < -0.4 is 14.2 Å². The van der Waals surface area contributed by atoms with Crippen molar-refractivity contribution in [3.63, 3.8) is 0 Å². The monoisotopic (exact) mass is 371 g/mol. The van der Waals surface area contributed by atoms with Crippen LogP contribution in [0.3, 0.4) is 0 Å². The fourth-order valence-corrected chi connectivity index (χ4v) is 4.95. The smallest absolute Gasteiger partial charge is 0.231 e. The first-order valence-corrected chi connectivity index (χ1v) is 8.95. The fourth-order valence-electron chi connectivity index (χ4n) is 4.95. The SMILES string of the molecule is COc1cc2c(cc1O)[C@]1(Cc3ccc4c(c3[C@H]1O)OCO4)[N@@+](C)([O-])CC2. The zero-order valence-corrected chi connectivity index (χ0v) is 15.2. The summed E-state index contributed by atoms with van der Waals surface area (Å²) in [6.45, 7) is 0.426. The van der Waals surface area contributed by atoms with Crippen molar-refractivity contribution < 1.29 is 29.1 Å². The van der Waals surface area contributed by atoms with Crippen molar-refractivity contribution in [2.45, 2.75) is 24.5 Å². The number of nitrogens with zero attached hydrogens (tertiary/aromatic N) is 1. The maximum absolute atomic E-state index is 13.7. The summed E-state index contributed by atoms with van der Waals surface area (Å²) in [5.74, 6) is 1.43. The van der Waals surface area contributed by atoms with Crippen LogP contribution in [0.1, 0.15) is 28.4 Å². The van der Waals surface area contributed by atoms with Gasteiger partial charge in [-0.1, -0.05) is 6.07 Å². The first-order chi connectivity index (χ1) is 12.9. The van der Waals surface area contributed by atoms with Crippen LogP contribution in [0.15, 0.2) is 24.3 Å². The highest BCUT2D eigenvalue weighted by atomic mass is 16.7. The van der Waals surface area contributed by atoms with Gasteiger partial charge in [-0.15, -0.1) is 0 Å². The Hall–Kier alpha value is -2.48. The molecule has 2 aromatic rings. The van der Waals surface area contributed by atoms with Crippen LogP contribution >= 0.6 is 0 Å². The number of quaternary nitrogens is 1. The van der Waals surface area contributed by atoms with E-state index in [0.29, 0.717) is 47.8 Å². The molecule has 2 N–H and O–H groups in total. The molecule has 0 saturated heterocycles. The van der Waals surface area contributed by atoms with Crippen LogP contribution in [0, 0.1) is 5.21 Å². The standard InChI is InChI=1S/C20H21NO6/c1-21(24)6-5-11-7-16(25-2)14(22)8-13(11)20(21)9-12-3-4-15-18(27-10-26-15)17(12)19(20)23/h3-4,7-8,19,22-23H,5-6,9-10H2,1-2H3/t19-,20+,21+/m1/s1. The average Bonchev–Trinajstić information content (AvgIpc) is 3.22. The van der Waals surface area contributed by atoms with Gasteiger partial charge in [-0.05, 0) is 29.3 Å². The van der Waals surface area contributed by atoms with Crippen LogP contribution in [0.25, 0.3) is 0 Å². The second-order valence-corrected chi connectivity index (χ2v) is 7.63. The molecule has 2 aliphatic heterocycles. The van der Waals surface area contributed by atoms with Gasteiger partial charge in [0.15, 0.2) is 28.5 Å². The number of hydrogen-bond donors (Lipinski definition) is 2. The topological polar surface area (TPSA) is 91.2 Å². The number of aliphatic hydroxyl groups excluding tert-OH is 1. The Bertz CT molecular complexity index is 956. The lowest BCUT2D eigenvalue weighted by atomic mass is 9.76. The molecule has 0 unspecified atom stereocenters. The van der Waals surface area contributed by atoms with Crippen LogP contribution in [-0.2, 0) is 18.4 Å². The maximum atomic E-state index is 13.7. The Balaban J connectivity index is 1.76. The van der Waals surface area contributed by atoms with E-state index < -0.39 is 16.3 Å². The van der Waals surface area contributed by atoms with E-state index >= 15 is 0 Å². The number of likely N-dealkylation sites (N-methyl/N-ethyl adjacent to an activating group) is 1. The number of phenolic OH excluding ortho intramolecular Hbond substituents is 1. The van der Waals surface area contributed by atoms with E-state index in [4.69, 9.17) is 14.2 Å². The van der Waals surface area contributed by atoms with E-state index in [0.717, 1.165) is 11.1 Å². The van der Waals surface area contributed by atoms with E-state index in [1.165, 1.54) is 7.11 Å². The van der Waals surface area contributed by atoms with E-state index in [-0.39, 0.29) is 12.5 Å². The highest BCUT2D eigenvalue weighted by Crippen LogP contribution is 2.59. The van der Waals surface area contributed by atoms with E-state index in [2.05, 4.69) is 0 Å². The van der Waals surface area contributed by atoms with Gasteiger partial charge >= 0.3 is 0 Å². The van der Waals surface area contributed by atoms with Gasteiger partial charge < -0.3 is 34.3 Å². The van der Waals surface area contributed by atoms with Crippen LogP contribution in [0.2, 0.25) is 0 Å². The normalized spacial score (nSPS) is 30.3. The molecule has 3 atom stereocenters. The molecule has 142 valence electrons. The highest BCUT2D eigenvalue weighted by Gasteiger charge is 2.60. The summed E-state index contributed by atoms with van der Waals surface area (Å²) in [6.07, 6.45) is -0.161. The molecule has 2 heterocycles. The van der Waals surface area contributed by atoms with E-state index in [9.17, 15) is 15.4 Å².